The summed E-state index contributed by atoms with van der Waals surface area (Å²) in [4.78, 5) is 33.2. The number of hydrogen-bond donors (Lipinski definition) is 2. The maximum Gasteiger partial charge on any atom is 0.407 e. The van der Waals surface area contributed by atoms with E-state index >= 15 is 0 Å². The molecule has 2 rings (SSSR count). The molecule has 0 saturated heterocycles. The van der Waals surface area contributed by atoms with Gasteiger partial charge in [0.05, 0.1) is 25.5 Å². The third-order valence-corrected chi connectivity index (χ3v) is 3.87. The summed E-state index contributed by atoms with van der Waals surface area (Å²) in [6, 6.07) is 9.19. The molecule has 0 saturated carbocycles. The van der Waals surface area contributed by atoms with Crippen molar-refractivity contribution in [3.63, 3.8) is 0 Å². The molecule has 2 N–H and O–H groups in total. The molecule has 0 aliphatic carbocycles. The standard InChI is InChI=1S/C18H24N4O3/c1-12(2)16(21-18(24)25-4)17(23)22(3)11-15-19-10-14(20-15)13-8-6-5-7-9-13/h5-10,12,16H,11H2,1-4H3,(H,19,20)(H,21,24). The number of amides is 2. The molecule has 2 aromatic rings. The van der Waals surface area contributed by atoms with Gasteiger partial charge in [0.25, 0.3) is 0 Å². The van der Waals surface area contributed by atoms with E-state index in [1.165, 1.54) is 12.0 Å². The highest BCUT2D eigenvalue weighted by Crippen LogP contribution is 2.17. The average molecular weight is 344 g/mol. The number of rotatable bonds is 6. The van der Waals surface area contributed by atoms with Crippen LogP contribution in [0.5, 0.6) is 0 Å². The van der Waals surface area contributed by atoms with E-state index in [-0.39, 0.29) is 11.8 Å². The SMILES string of the molecule is COC(=O)NC(C(=O)N(C)Cc1ncc(-c2ccccc2)[nH]1)C(C)C. The molecular formula is C18H24N4O3. The molecule has 134 valence electrons. The predicted octanol–water partition coefficient (Wildman–Crippen LogP) is 2.42. The Bertz CT molecular complexity index is 712. The van der Waals surface area contributed by atoms with Gasteiger partial charge in [0.1, 0.15) is 11.9 Å². The highest BCUT2D eigenvalue weighted by molar-refractivity contribution is 5.85. The summed E-state index contributed by atoms with van der Waals surface area (Å²) in [5.41, 5.74) is 1.92. The minimum Gasteiger partial charge on any atom is -0.453 e. The number of nitrogens with zero attached hydrogens (tertiary/aromatic N) is 2. The van der Waals surface area contributed by atoms with Crippen LogP contribution in [0, 0.1) is 5.92 Å². The van der Waals surface area contributed by atoms with E-state index in [2.05, 4.69) is 20.0 Å². The summed E-state index contributed by atoms with van der Waals surface area (Å²) in [5.74, 6) is 0.416. The minimum atomic E-state index is -0.652. The van der Waals surface area contributed by atoms with Crippen molar-refractivity contribution in [2.45, 2.75) is 26.4 Å². The monoisotopic (exact) mass is 344 g/mol. The molecule has 1 aromatic carbocycles. The fourth-order valence-electron chi connectivity index (χ4n) is 2.45. The van der Waals surface area contributed by atoms with Crippen LogP contribution in [0.15, 0.2) is 36.5 Å². The molecule has 0 aliphatic heterocycles. The Labute approximate surface area is 147 Å². The molecule has 1 heterocycles. The number of benzene rings is 1. The highest BCUT2D eigenvalue weighted by Gasteiger charge is 2.27. The molecule has 0 fully saturated rings. The molecule has 0 spiro atoms. The summed E-state index contributed by atoms with van der Waals surface area (Å²) >= 11 is 0. The van der Waals surface area contributed by atoms with Crippen molar-refractivity contribution in [3.8, 4) is 11.3 Å². The molecule has 0 aliphatic rings. The zero-order valence-electron chi connectivity index (χ0n) is 14.9. The van der Waals surface area contributed by atoms with Crippen molar-refractivity contribution in [1.82, 2.24) is 20.2 Å². The molecule has 0 bridgehead atoms. The van der Waals surface area contributed by atoms with Gasteiger partial charge in [-0.2, -0.15) is 0 Å². The zero-order valence-corrected chi connectivity index (χ0v) is 14.9. The van der Waals surface area contributed by atoms with Crippen LogP contribution in [-0.2, 0) is 16.1 Å². The number of carbonyl (C=O) groups excluding carboxylic acids is 2. The number of aromatic nitrogens is 2. The molecule has 0 radical (unpaired) electrons. The van der Waals surface area contributed by atoms with Crippen LogP contribution < -0.4 is 5.32 Å². The fraction of sp³-hybridized carbons (Fsp3) is 0.389. The van der Waals surface area contributed by atoms with Gasteiger partial charge in [-0.3, -0.25) is 4.79 Å². The van der Waals surface area contributed by atoms with Crippen LogP contribution in [0.2, 0.25) is 0 Å². The summed E-state index contributed by atoms with van der Waals surface area (Å²) in [5, 5.41) is 2.58. The summed E-state index contributed by atoms with van der Waals surface area (Å²) in [6.07, 6.45) is 1.13. The van der Waals surface area contributed by atoms with Crippen LogP contribution in [-0.4, -0.2) is 47.1 Å². The number of nitrogens with one attached hydrogen (secondary N) is 2. The first kappa shape index (κ1) is 18.5. The lowest BCUT2D eigenvalue weighted by Gasteiger charge is -2.26. The summed E-state index contributed by atoms with van der Waals surface area (Å²) in [7, 11) is 2.95. The largest absolute Gasteiger partial charge is 0.453 e. The maximum atomic E-state index is 12.6. The highest BCUT2D eigenvalue weighted by atomic mass is 16.5. The molecule has 7 nitrogen and oxygen atoms in total. The van der Waals surface area contributed by atoms with Crippen molar-refractivity contribution in [2.75, 3.05) is 14.2 Å². The maximum absolute atomic E-state index is 12.6. The van der Waals surface area contributed by atoms with Crippen LogP contribution in [0.1, 0.15) is 19.7 Å². The second-order valence-electron chi connectivity index (χ2n) is 6.16. The van der Waals surface area contributed by atoms with Gasteiger partial charge in [0.15, 0.2) is 0 Å². The van der Waals surface area contributed by atoms with Gasteiger partial charge in [-0.25, -0.2) is 9.78 Å². The molecular weight excluding hydrogens is 320 g/mol. The van der Waals surface area contributed by atoms with Crippen LogP contribution in [0.3, 0.4) is 0 Å². The number of ether oxygens (including phenoxy) is 1. The third-order valence-electron chi connectivity index (χ3n) is 3.87. The van der Waals surface area contributed by atoms with Gasteiger partial charge in [0, 0.05) is 7.05 Å². The zero-order chi connectivity index (χ0) is 18.4. The first-order valence-electron chi connectivity index (χ1n) is 8.11. The Morgan fingerprint density at radius 2 is 1.96 bits per heavy atom. The fourth-order valence-corrected chi connectivity index (χ4v) is 2.45. The number of aromatic amines is 1. The number of imidazole rings is 1. The summed E-state index contributed by atoms with van der Waals surface area (Å²) in [6.45, 7) is 4.05. The molecule has 1 atom stereocenters. The first-order valence-corrected chi connectivity index (χ1v) is 8.11. The lowest BCUT2D eigenvalue weighted by Crippen LogP contribution is -2.50. The molecule has 25 heavy (non-hydrogen) atoms. The van der Waals surface area contributed by atoms with E-state index in [0.29, 0.717) is 12.4 Å². The van der Waals surface area contributed by atoms with Gasteiger partial charge in [-0.05, 0) is 11.5 Å². The van der Waals surface area contributed by atoms with E-state index in [0.717, 1.165) is 11.3 Å². The number of methoxy groups -OCH3 is 1. The molecule has 7 heteroatoms. The number of likely N-dealkylation sites (N-methyl/N-ethyl adjacent to an activating group) is 1. The molecule has 1 unspecified atom stereocenters. The Balaban J connectivity index is 2.05. The van der Waals surface area contributed by atoms with Crippen molar-refractivity contribution >= 4 is 12.0 Å². The van der Waals surface area contributed by atoms with Gasteiger partial charge < -0.3 is 19.9 Å². The van der Waals surface area contributed by atoms with Gasteiger partial charge >= 0.3 is 6.09 Å². The van der Waals surface area contributed by atoms with Crippen molar-refractivity contribution in [2.24, 2.45) is 5.92 Å². The van der Waals surface area contributed by atoms with Crippen LogP contribution >= 0.6 is 0 Å². The number of alkyl carbamates (subject to hydrolysis) is 1. The second kappa shape index (κ2) is 8.32. The van der Waals surface area contributed by atoms with Gasteiger partial charge in [-0.15, -0.1) is 0 Å². The quantitative estimate of drug-likeness (QED) is 0.842. The topological polar surface area (TPSA) is 87.3 Å². The number of carbonyl (C=O) groups is 2. The van der Waals surface area contributed by atoms with E-state index in [9.17, 15) is 9.59 Å². The molecule has 1 aromatic heterocycles. The Hall–Kier alpha value is -2.83. The normalized spacial score (nSPS) is 11.9. The lowest BCUT2D eigenvalue weighted by molar-refractivity contribution is -0.133. The Morgan fingerprint density at radius 3 is 2.56 bits per heavy atom. The molecule has 2 amide bonds. The van der Waals surface area contributed by atoms with Gasteiger partial charge in [0.2, 0.25) is 5.91 Å². The smallest absolute Gasteiger partial charge is 0.407 e. The van der Waals surface area contributed by atoms with Crippen molar-refractivity contribution < 1.29 is 14.3 Å². The lowest BCUT2D eigenvalue weighted by atomic mass is 10.0. The van der Waals surface area contributed by atoms with Crippen LogP contribution in [0.25, 0.3) is 11.3 Å². The Morgan fingerprint density at radius 1 is 1.28 bits per heavy atom. The summed E-state index contributed by atoms with van der Waals surface area (Å²) < 4.78 is 4.59. The second-order valence-corrected chi connectivity index (χ2v) is 6.16. The predicted molar refractivity (Wildman–Crippen MR) is 94.7 cm³/mol. The van der Waals surface area contributed by atoms with Crippen LogP contribution in [0.4, 0.5) is 4.79 Å². The van der Waals surface area contributed by atoms with E-state index < -0.39 is 12.1 Å². The van der Waals surface area contributed by atoms with Crippen molar-refractivity contribution in [1.29, 1.82) is 0 Å². The number of hydrogen-bond acceptors (Lipinski definition) is 4. The Kier molecular flexibility index (Phi) is 6.16. The van der Waals surface area contributed by atoms with Gasteiger partial charge in [-0.1, -0.05) is 44.2 Å². The van der Waals surface area contributed by atoms with Crippen molar-refractivity contribution in [3.05, 3.63) is 42.4 Å². The minimum absolute atomic E-state index is 0.0643. The van der Waals surface area contributed by atoms with E-state index in [4.69, 9.17) is 0 Å². The third kappa shape index (κ3) is 4.82. The number of H-pyrrole nitrogens is 1. The first-order chi connectivity index (χ1) is 11.9. The van der Waals surface area contributed by atoms with E-state index in [1.807, 2.05) is 44.2 Å². The average Bonchev–Trinajstić information content (AvgIpc) is 3.07. The van der Waals surface area contributed by atoms with E-state index in [1.54, 1.807) is 13.2 Å².